The van der Waals surface area contributed by atoms with E-state index in [9.17, 15) is 4.79 Å². The second-order valence-electron chi connectivity index (χ2n) is 6.48. The quantitative estimate of drug-likeness (QED) is 0.765. The molecule has 0 spiro atoms. The first-order valence-corrected chi connectivity index (χ1v) is 8.89. The number of hydrogen-bond acceptors (Lipinski definition) is 5. The fourth-order valence-corrected chi connectivity index (χ4v) is 3.47. The van der Waals surface area contributed by atoms with E-state index in [2.05, 4.69) is 25.9 Å². The van der Waals surface area contributed by atoms with Crippen molar-refractivity contribution in [2.75, 3.05) is 25.0 Å². The summed E-state index contributed by atoms with van der Waals surface area (Å²) < 4.78 is 0. The lowest BCUT2D eigenvalue weighted by atomic mass is 9.95. The highest BCUT2D eigenvalue weighted by Crippen LogP contribution is 2.19. The monoisotopic (exact) mass is 317 g/mol. The number of hydrogen-bond donors (Lipinski definition) is 3. The van der Waals surface area contributed by atoms with Crippen molar-refractivity contribution in [3.05, 3.63) is 17.6 Å². The summed E-state index contributed by atoms with van der Waals surface area (Å²) in [7, 11) is 0. The molecule has 6 heteroatoms. The van der Waals surface area contributed by atoms with Crippen LogP contribution in [0.2, 0.25) is 0 Å². The Bertz CT molecular complexity index is 528. The van der Waals surface area contributed by atoms with E-state index in [0.29, 0.717) is 19.0 Å². The van der Waals surface area contributed by atoms with Crippen LogP contribution in [0.25, 0.3) is 0 Å². The molecule has 0 saturated heterocycles. The minimum atomic E-state index is 0.145. The van der Waals surface area contributed by atoms with Gasteiger partial charge in [-0.2, -0.15) is 0 Å². The maximum atomic E-state index is 12.1. The van der Waals surface area contributed by atoms with E-state index in [1.807, 2.05) is 0 Å². The molecule has 1 aliphatic heterocycles. The van der Waals surface area contributed by atoms with E-state index in [-0.39, 0.29) is 5.91 Å². The maximum absolute atomic E-state index is 12.1. The van der Waals surface area contributed by atoms with E-state index in [1.165, 1.54) is 24.8 Å². The van der Waals surface area contributed by atoms with Gasteiger partial charge in [-0.1, -0.05) is 19.3 Å². The highest BCUT2D eigenvalue weighted by Gasteiger charge is 2.16. The summed E-state index contributed by atoms with van der Waals surface area (Å²) in [5.74, 6) is 1.04. The molecule has 126 valence electrons. The van der Waals surface area contributed by atoms with Crippen molar-refractivity contribution in [3.8, 4) is 0 Å². The van der Waals surface area contributed by atoms with Gasteiger partial charge in [-0.05, 0) is 25.8 Å². The Morgan fingerprint density at radius 2 is 2.00 bits per heavy atom. The fraction of sp³-hybridized carbons (Fsp3) is 0.706. The van der Waals surface area contributed by atoms with Crippen LogP contribution in [0.3, 0.4) is 0 Å². The number of carbonyl (C=O) groups is 1. The van der Waals surface area contributed by atoms with Gasteiger partial charge in [-0.15, -0.1) is 0 Å². The Morgan fingerprint density at radius 3 is 2.87 bits per heavy atom. The zero-order valence-electron chi connectivity index (χ0n) is 13.7. The van der Waals surface area contributed by atoms with Crippen molar-refractivity contribution in [2.45, 2.75) is 57.4 Å². The maximum Gasteiger partial charge on any atom is 0.221 e. The lowest BCUT2D eigenvalue weighted by Gasteiger charge is -2.22. The zero-order chi connectivity index (χ0) is 15.9. The van der Waals surface area contributed by atoms with Crippen LogP contribution in [-0.4, -0.2) is 41.6 Å². The molecule has 0 unspecified atom stereocenters. The molecule has 3 N–H and O–H groups in total. The van der Waals surface area contributed by atoms with Crippen molar-refractivity contribution < 1.29 is 4.79 Å². The van der Waals surface area contributed by atoms with Crippen molar-refractivity contribution >= 4 is 11.7 Å². The average molecular weight is 317 g/mol. The molecule has 0 bridgehead atoms. The number of amides is 1. The number of nitrogens with zero attached hydrogens (tertiary/aromatic N) is 2. The summed E-state index contributed by atoms with van der Waals surface area (Å²) in [5.41, 5.74) is 2.32. The third-order valence-corrected chi connectivity index (χ3v) is 4.74. The molecule has 1 aromatic rings. The van der Waals surface area contributed by atoms with Gasteiger partial charge in [0.05, 0.1) is 5.69 Å². The first-order valence-electron chi connectivity index (χ1n) is 8.89. The Balaban J connectivity index is 1.47. The number of anilines is 1. The molecule has 23 heavy (non-hydrogen) atoms. The van der Waals surface area contributed by atoms with E-state index >= 15 is 0 Å². The van der Waals surface area contributed by atoms with Crippen molar-refractivity contribution in [1.29, 1.82) is 0 Å². The minimum Gasteiger partial charge on any atom is -0.369 e. The van der Waals surface area contributed by atoms with Gasteiger partial charge >= 0.3 is 0 Å². The fourth-order valence-electron chi connectivity index (χ4n) is 3.47. The third-order valence-electron chi connectivity index (χ3n) is 4.74. The van der Waals surface area contributed by atoms with E-state index < -0.39 is 0 Å². The zero-order valence-corrected chi connectivity index (χ0v) is 13.7. The van der Waals surface area contributed by atoms with E-state index in [0.717, 1.165) is 50.3 Å². The van der Waals surface area contributed by atoms with Gasteiger partial charge in [0.2, 0.25) is 5.91 Å². The van der Waals surface area contributed by atoms with Crippen molar-refractivity contribution in [3.63, 3.8) is 0 Å². The molecule has 1 amide bonds. The molecule has 0 radical (unpaired) electrons. The topological polar surface area (TPSA) is 78.9 Å². The largest absolute Gasteiger partial charge is 0.369 e. The van der Waals surface area contributed by atoms with Gasteiger partial charge in [0.15, 0.2) is 0 Å². The molecular formula is C17H27N5O. The predicted molar refractivity (Wildman–Crippen MR) is 90.4 cm³/mol. The van der Waals surface area contributed by atoms with Gasteiger partial charge in [0, 0.05) is 37.5 Å². The minimum absolute atomic E-state index is 0.145. The number of rotatable bonds is 5. The molecule has 2 heterocycles. The molecule has 6 nitrogen and oxygen atoms in total. The highest BCUT2D eigenvalue weighted by atomic mass is 16.1. The molecule has 0 atom stereocenters. The second kappa shape index (κ2) is 8.24. The van der Waals surface area contributed by atoms with Gasteiger partial charge in [0.25, 0.3) is 0 Å². The summed E-state index contributed by atoms with van der Waals surface area (Å²) in [6.07, 6.45) is 10.0. The Labute approximate surface area is 137 Å². The normalized spacial score (nSPS) is 18.8. The summed E-state index contributed by atoms with van der Waals surface area (Å²) >= 11 is 0. The first kappa shape index (κ1) is 16.2. The van der Waals surface area contributed by atoms with Crippen LogP contribution in [0.15, 0.2) is 6.33 Å². The Morgan fingerprint density at radius 1 is 1.17 bits per heavy atom. The second-order valence-corrected chi connectivity index (χ2v) is 6.48. The van der Waals surface area contributed by atoms with Crippen LogP contribution in [0.1, 0.15) is 49.8 Å². The molecule has 0 aromatic carbocycles. The summed E-state index contributed by atoms with van der Waals surface area (Å²) in [6, 6.07) is 0.387. The lowest BCUT2D eigenvalue weighted by Crippen LogP contribution is -2.36. The smallest absolute Gasteiger partial charge is 0.221 e. The molecule has 1 fully saturated rings. The third kappa shape index (κ3) is 4.64. The molecule has 3 rings (SSSR count). The lowest BCUT2D eigenvalue weighted by molar-refractivity contribution is -0.121. The van der Waals surface area contributed by atoms with Crippen molar-refractivity contribution in [2.24, 2.45) is 0 Å². The first-order chi connectivity index (χ1) is 11.3. The summed E-state index contributed by atoms with van der Waals surface area (Å²) in [6.45, 7) is 2.54. The predicted octanol–water partition coefficient (Wildman–Crippen LogP) is 1.42. The Hall–Kier alpha value is -1.69. The molecule has 1 aliphatic carbocycles. The molecular weight excluding hydrogens is 290 g/mol. The average Bonchev–Trinajstić information content (AvgIpc) is 2.82. The molecule has 1 aromatic heterocycles. The number of aromatic nitrogens is 2. The van der Waals surface area contributed by atoms with Gasteiger partial charge in [-0.25, -0.2) is 9.97 Å². The van der Waals surface area contributed by atoms with E-state index in [1.54, 1.807) is 6.33 Å². The summed E-state index contributed by atoms with van der Waals surface area (Å²) in [4.78, 5) is 20.8. The Kier molecular flexibility index (Phi) is 5.80. The summed E-state index contributed by atoms with van der Waals surface area (Å²) in [5, 5.41) is 9.87. The van der Waals surface area contributed by atoms with Crippen LogP contribution < -0.4 is 16.0 Å². The van der Waals surface area contributed by atoms with Crippen molar-refractivity contribution in [1.82, 2.24) is 20.6 Å². The van der Waals surface area contributed by atoms with Crippen LogP contribution in [0, 0.1) is 0 Å². The van der Waals surface area contributed by atoms with Crippen LogP contribution in [0.4, 0.5) is 5.82 Å². The van der Waals surface area contributed by atoms with Crippen LogP contribution in [0.5, 0.6) is 0 Å². The standard InChI is InChI=1S/C17H27N5O/c23-16(22-13-4-2-1-3-5-13)8-11-19-17-14-6-9-18-10-7-15(14)20-12-21-17/h12-13,18H,1-11H2,(H,22,23)(H,19,20,21). The van der Waals surface area contributed by atoms with Gasteiger partial charge < -0.3 is 16.0 Å². The van der Waals surface area contributed by atoms with Gasteiger partial charge in [-0.3, -0.25) is 4.79 Å². The van der Waals surface area contributed by atoms with Gasteiger partial charge in [0.1, 0.15) is 12.1 Å². The SMILES string of the molecule is O=C(CCNc1ncnc2c1CCNCC2)NC1CCCCC1. The van der Waals surface area contributed by atoms with Crippen LogP contribution in [-0.2, 0) is 17.6 Å². The molecule has 1 saturated carbocycles. The molecule has 2 aliphatic rings. The van der Waals surface area contributed by atoms with Crippen LogP contribution >= 0.6 is 0 Å². The number of fused-ring (bicyclic) bond motifs is 1. The van der Waals surface area contributed by atoms with E-state index in [4.69, 9.17) is 0 Å². The number of nitrogens with one attached hydrogen (secondary N) is 3. The highest BCUT2D eigenvalue weighted by molar-refractivity contribution is 5.76. The number of carbonyl (C=O) groups excluding carboxylic acids is 1.